The van der Waals surface area contributed by atoms with Crippen molar-refractivity contribution in [3.05, 3.63) is 68.7 Å². The van der Waals surface area contributed by atoms with E-state index in [9.17, 15) is 0 Å². The number of hydrogen-bond donors (Lipinski definition) is 0. The molecular weight excluding hydrogens is 336 g/mol. The van der Waals surface area contributed by atoms with Crippen molar-refractivity contribution in [2.24, 2.45) is 0 Å². The average Bonchev–Trinajstić information content (AvgIpc) is 2.48. The molecule has 0 spiro atoms. The van der Waals surface area contributed by atoms with E-state index in [2.05, 4.69) is 34.1 Å². The van der Waals surface area contributed by atoms with E-state index in [1.54, 1.807) is 0 Å². The van der Waals surface area contributed by atoms with Gasteiger partial charge in [0, 0.05) is 20.6 Å². The number of allylic oxidation sites excluding steroid dienone is 1. The Morgan fingerprint density at radius 2 is 2.10 bits per heavy atom. The summed E-state index contributed by atoms with van der Waals surface area (Å²) in [5.74, 6) is 0.971. The van der Waals surface area contributed by atoms with Crippen molar-refractivity contribution < 1.29 is 4.74 Å². The Kier molecular flexibility index (Phi) is 4.13. The van der Waals surface area contributed by atoms with Crippen LogP contribution in [0.5, 0.6) is 5.75 Å². The zero-order valence-corrected chi connectivity index (χ0v) is 13.2. The molecule has 0 aliphatic heterocycles. The Bertz CT molecular complexity index is 664. The highest BCUT2D eigenvalue weighted by Crippen LogP contribution is 2.30. The second kappa shape index (κ2) is 6.02. The highest BCUT2D eigenvalue weighted by molar-refractivity contribution is 9.10. The number of fused-ring (bicyclic) bond motifs is 1. The largest absolute Gasteiger partial charge is 0.489 e. The second-order valence-corrected chi connectivity index (χ2v) is 6.08. The third kappa shape index (κ3) is 2.92. The molecule has 1 aliphatic rings. The van der Waals surface area contributed by atoms with Gasteiger partial charge in [0.05, 0.1) is 0 Å². The maximum absolute atomic E-state index is 6.03. The van der Waals surface area contributed by atoms with Crippen LogP contribution in [0, 0.1) is 0 Å². The minimum Gasteiger partial charge on any atom is -0.489 e. The van der Waals surface area contributed by atoms with Gasteiger partial charge in [0.15, 0.2) is 0 Å². The number of benzene rings is 2. The molecule has 2 aromatic rings. The molecule has 20 heavy (non-hydrogen) atoms. The van der Waals surface area contributed by atoms with Crippen molar-refractivity contribution in [3.63, 3.8) is 0 Å². The number of halogens is 2. The summed E-state index contributed by atoms with van der Waals surface area (Å²) < 4.78 is 7.02. The standard InChI is InChI=1S/C17H14BrClO/c18-16-9-8-14(19)10-13(16)11-20-17-7-3-5-12-4-1-2-6-15(12)17/h1,3-5,7-10H,2,6,11H2. The maximum atomic E-state index is 6.03. The molecule has 0 saturated heterocycles. The topological polar surface area (TPSA) is 9.23 Å². The molecule has 0 unspecified atom stereocenters. The molecule has 0 aromatic heterocycles. The molecule has 3 heteroatoms. The first-order valence-electron chi connectivity index (χ1n) is 6.59. The van der Waals surface area contributed by atoms with Crippen LogP contribution < -0.4 is 4.74 Å². The number of rotatable bonds is 3. The van der Waals surface area contributed by atoms with Crippen molar-refractivity contribution in [2.45, 2.75) is 19.4 Å². The van der Waals surface area contributed by atoms with E-state index in [4.69, 9.17) is 16.3 Å². The lowest BCUT2D eigenvalue weighted by Crippen LogP contribution is -2.02. The molecule has 0 bridgehead atoms. The van der Waals surface area contributed by atoms with Crippen molar-refractivity contribution >= 4 is 33.6 Å². The number of ether oxygens (including phenoxy) is 1. The summed E-state index contributed by atoms with van der Waals surface area (Å²) in [6, 6.07) is 12.0. The van der Waals surface area contributed by atoms with Crippen LogP contribution in [0.4, 0.5) is 0 Å². The fourth-order valence-electron chi connectivity index (χ4n) is 2.39. The van der Waals surface area contributed by atoms with E-state index < -0.39 is 0 Å². The monoisotopic (exact) mass is 348 g/mol. The smallest absolute Gasteiger partial charge is 0.123 e. The molecule has 102 valence electrons. The predicted molar refractivity (Wildman–Crippen MR) is 87.3 cm³/mol. The molecule has 1 nitrogen and oxygen atoms in total. The van der Waals surface area contributed by atoms with E-state index in [1.165, 1.54) is 11.1 Å². The van der Waals surface area contributed by atoms with Gasteiger partial charge in [-0.15, -0.1) is 0 Å². The van der Waals surface area contributed by atoms with Gasteiger partial charge in [0.25, 0.3) is 0 Å². The van der Waals surface area contributed by atoms with Gasteiger partial charge in [-0.2, -0.15) is 0 Å². The number of hydrogen-bond acceptors (Lipinski definition) is 1. The second-order valence-electron chi connectivity index (χ2n) is 4.79. The molecule has 0 fully saturated rings. The first-order chi connectivity index (χ1) is 9.74. The van der Waals surface area contributed by atoms with Gasteiger partial charge in [0.1, 0.15) is 12.4 Å². The summed E-state index contributed by atoms with van der Waals surface area (Å²) in [5, 5.41) is 0.727. The first-order valence-corrected chi connectivity index (χ1v) is 7.76. The Labute approximate surface area is 132 Å². The summed E-state index contributed by atoms with van der Waals surface area (Å²) in [6.07, 6.45) is 6.49. The summed E-state index contributed by atoms with van der Waals surface area (Å²) in [5.41, 5.74) is 3.62. The van der Waals surface area contributed by atoms with Crippen LogP contribution in [0.15, 0.2) is 46.9 Å². The van der Waals surface area contributed by atoms with Crippen LogP contribution in [0.3, 0.4) is 0 Å². The van der Waals surface area contributed by atoms with E-state index in [1.807, 2.05) is 30.3 Å². The van der Waals surface area contributed by atoms with Crippen LogP contribution in [0.1, 0.15) is 23.1 Å². The predicted octanol–water partition coefficient (Wildman–Crippen LogP) is 5.64. The van der Waals surface area contributed by atoms with Crippen LogP contribution in [0.2, 0.25) is 5.02 Å². The zero-order chi connectivity index (χ0) is 13.9. The van der Waals surface area contributed by atoms with Gasteiger partial charge in [-0.1, -0.05) is 51.8 Å². The van der Waals surface area contributed by atoms with Crippen LogP contribution >= 0.6 is 27.5 Å². The lowest BCUT2D eigenvalue weighted by atomic mass is 9.96. The van der Waals surface area contributed by atoms with E-state index in [-0.39, 0.29) is 0 Å². The molecule has 3 rings (SSSR count). The van der Waals surface area contributed by atoms with Crippen molar-refractivity contribution in [1.82, 2.24) is 0 Å². The van der Waals surface area contributed by atoms with Gasteiger partial charge >= 0.3 is 0 Å². The van der Waals surface area contributed by atoms with E-state index in [0.29, 0.717) is 6.61 Å². The molecule has 1 aliphatic carbocycles. The van der Waals surface area contributed by atoms with Crippen molar-refractivity contribution in [3.8, 4) is 5.75 Å². The Morgan fingerprint density at radius 3 is 3.00 bits per heavy atom. The third-order valence-corrected chi connectivity index (χ3v) is 4.43. The van der Waals surface area contributed by atoms with Gasteiger partial charge in [0.2, 0.25) is 0 Å². The molecule has 0 saturated carbocycles. The minimum absolute atomic E-state index is 0.515. The minimum atomic E-state index is 0.515. The summed E-state index contributed by atoms with van der Waals surface area (Å²) in [7, 11) is 0. The van der Waals surface area contributed by atoms with Gasteiger partial charge in [-0.05, 0) is 42.7 Å². The van der Waals surface area contributed by atoms with Crippen molar-refractivity contribution in [1.29, 1.82) is 0 Å². The highest BCUT2D eigenvalue weighted by Gasteiger charge is 2.11. The van der Waals surface area contributed by atoms with Crippen LogP contribution in [-0.4, -0.2) is 0 Å². The molecule has 0 heterocycles. The SMILES string of the molecule is Clc1ccc(Br)c(COc2cccc3c2CCC=C3)c1. The van der Waals surface area contributed by atoms with Crippen LogP contribution in [0.25, 0.3) is 6.08 Å². The first kappa shape index (κ1) is 13.7. The molecule has 0 radical (unpaired) electrons. The molecule has 0 amide bonds. The molecular formula is C17H14BrClO. The van der Waals surface area contributed by atoms with Crippen molar-refractivity contribution in [2.75, 3.05) is 0 Å². The average molecular weight is 350 g/mol. The van der Waals surface area contributed by atoms with Gasteiger partial charge < -0.3 is 4.74 Å². The fraction of sp³-hybridized carbons (Fsp3) is 0.176. The lowest BCUT2D eigenvalue weighted by Gasteiger charge is -2.16. The molecule has 0 N–H and O–H groups in total. The Hall–Kier alpha value is -1.25. The van der Waals surface area contributed by atoms with Gasteiger partial charge in [-0.25, -0.2) is 0 Å². The zero-order valence-electron chi connectivity index (χ0n) is 10.9. The van der Waals surface area contributed by atoms with E-state index >= 15 is 0 Å². The third-order valence-electron chi connectivity index (χ3n) is 3.42. The lowest BCUT2D eigenvalue weighted by molar-refractivity contribution is 0.302. The quantitative estimate of drug-likeness (QED) is 0.696. The van der Waals surface area contributed by atoms with E-state index in [0.717, 1.165) is 33.6 Å². The van der Waals surface area contributed by atoms with Crippen LogP contribution in [-0.2, 0) is 13.0 Å². The Morgan fingerprint density at radius 1 is 1.20 bits per heavy atom. The normalized spacial score (nSPS) is 13.1. The molecule has 0 atom stereocenters. The fourth-order valence-corrected chi connectivity index (χ4v) is 2.94. The highest BCUT2D eigenvalue weighted by atomic mass is 79.9. The maximum Gasteiger partial charge on any atom is 0.123 e. The van der Waals surface area contributed by atoms with Gasteiger partial charge in [-0.3, -0.25) is 0 Å². The summed E-state index contributed by atoms with van der Waals surface area (Å²) >= 11 is 9.56. The Balaban J connectivity index is 1.82. The summed E-state index contributed by atoms with van der Waals surface area (Å²) in [6.45, 7) is 0.515. The molecule has 2 aromatic carbocycles. The summed E-state index contributed by atoms with van der Waals surface area (Å²) in [4.78, 5) is 0.